The Morgan fingerprint density at radius 3 is 2.37 bits per heavy atom. The van der Waals surface area contributed by atoms with Gasteiger partial charge in [-0.1, -0.05) is 49.4 Å². The molecule has 2 aromatic rings. The summed E-state index contributed by atoms with van der Waals surface area (Å²) in [7, 11) is 3.32. The molecule has 0 aliphatic carbocycles. The summed E-state index contributed by atoms with van der Waals surface area (Å²) >= 11 is 0. The number of nitrogens with zero attached hydrogens (tertiary/aromatic N) is 1. The predicted molar refractivity (Wildman–Crippen MR) is 109 cm³/mol. The van der Waals surface area contributed by atoms with Crippen LogP contribution in [-0.2, 0) is 11.3 Å². The molecule has 27 heavy (non-hydrogen) atoms. The second-order valence-corrected chi connectivity index (χ2v) is 6.24. The molecule has 0 aromatic heterocycles. The van der Waals surface area contributed by atoms with Gasteiger partial charge in [0.05, 0.1) is 13.7 Å². The molecule has 1 amide bonds. The van der Waals surface area contributed by atoms with Gasteiger partial charge in [-0.2, -0.15) is 0 Å². The van der Waals surface area contributed by atoms with Gasteiger partial charge >= 0.3 is 0 Å². The normalized spacial score (nSPS) is 12.2. The Hall–Kier alpha value is -3.02. The third-order valence-corrected chi connectivity index (χ3v) is 4.23. The Balaban J connectivity index is 1.70. The number of nitrogens with one attached hydrogen (secondary N) is 3. The summed E-state index contributed by atoms with van der Waals surface area (Å²) in [6.07, 6.45) is 0. The Morgan fingerprint density at radius 2 is 1.74 bits per heavy atom. The van der Waals surface area contributed by atoms with Crippen molar-refractivity contribution in [3.8, 4) is 5.75 Å². The van der Waals surface area contributed by atoms with Crippen molar-refractivity contribution in [3.63, 3.8) is 0 Å². The van der Waals surface area contributed by atoms with Crippen LogP contribution in [0.5, 0.6) is 5.75 Å². The van der Waals surface area contributed by atoms with E-state index in [0.29, 0.717) is 18.4 Å². The summed E-state index contributed by atoms with van der Waals surface area (Å²) in [5.74, 6) is 1.65. The molecule has 1 unspecified atom stereocenters. The first-order valence-corrected chi connectivity index (χ1v) is 9.01. The summed E-state index contributed by atoms with van der Waals surface area (Å²) in [6.45, 7) is 3.52. The van der Waals surface area contributed by atoms with Crippen LogP contribution in [0.1, 0.15) is 24.0 Å². The third kappa shape index (κ3) is 7.01. The van der Waals surface area contributed by atoms with E-state index in [4.69, 9.17) is 4.74 Å². The van der Waals surface area contributed by atoms with E-state index in [0.717, 1.165) is 17.9 Å². The van der Waals surface area contributed by atoms with Crippen LogP contribution >= 0.6 is 0 Å². The van der Waals surface area contributed by atoms with Gasteiger partial charge in [0.1, 0.15) is 5.75 Å². The number of hydrogen-bond acceptors (Lipinski definition) is 3. The van der Waals surface area contributed by atoms with Crippen LogP contribution in [0, 0.1) is 0 Å². The van der Waals surface area contributed by atoms with E-state index in [1.807, 2.05) is 42.5 Å². The number of aliphatic imine (C=N–C) groups is 1. The van der Waals surface area contributed by atoms with E-state index in [1.54, 1.807) is 14.2 Å². The minimum Gasteiger partial charge on any atom is -0.497 e. The fourth-order valence-corrected chi connectivity index (χ4v) is 2.54. The molecule has 1 atom stereocenters. The number of guanidine groups is 1. The second kappa shape index (κ2) is 10.9. The van der Waals surface area contributed by atoms with Crippen LogP contribution in [0.25, 0.3) is 0 Å². The standard InChI is InChI=1S/C21H28N4O2/c1-16(18-7-5-4-6-8-18)13-24-21(22-2)25-15-20(26)23-14-17-9-11-19(27-3)12-10-17/h4-12,16H,13-15H2,1-3H3,(H,23,26)(H2,22,24,25). The quantitative estimate of drug-likeness (QED) is 0.494. The highest BCUT2D eigenvalue weighted by atomic mass is 16.5. The molecule has 0 radical (unpaired) electrons. The van der Waals surface area contributed by atoms with E-state index in [1.165, 1.54) is 5.56 Å². The smallest absolute Gasteiger partial charge is 0.239 e. The number of ether oxygens (including phenoxy) is 1. The number of rotatable bonds is 8. The first kappa shape index (κ1) is 20.3. The van der Waals surface area contributed by atoms with Crippen molar-refractivity contribution in [1.29, 1.82) is 0 Å². The highest BCUT2D eigenvalue weighted by Gasteiger charge is 2.07. The lowest BCUT2D eigenvalue weighted by molar-refractivity contribution is -0.120. The van der Waals surface area contributed by atoms with Crippen molar-refractivity contribution in [2.24, 2.45) is 4.99 Å². The third-order valence-electron chi connectivity index (χ3n) is 4.23. The Bertz CT molecular complexity index is 730. The molecule has 6 heteroatoms. The SMILES string of the molecule is CN=C(NCC(=O)NCc1ccc(OC)cc1)NCC(C)c1ccccc1. The molecule has 0 saturated heterocycles. The van der Waals surface area contributed by atoms with E-state index in [2.05, 4.69) is 40.0 Å². The van der Waals surface area contributed by atoms with Crippen LogP contribution in [0.4, 0.5) is 0 Å². The molecule has 0 fully saturated rings. The zero-order valence-corrected chi connectivity index (χ0v) is 16.2. The van der Waals surface area contributed by atoms with Gasteiger partial charge in [0.25, 0.3) is 0 Å². The summed E-state index contributed by atoms with van der Waals surface area (Å²) in [4.78, 5) is 16.2. The van der Waals surface area contributed by atoms with Crippen LogP contribution in [0.15, 0.2) is 59.6 Å². The van der Waals surface area contributed by atoms with Gasteiger partial charge < -0.3 is 20.7 Å². The molecule has 0 bridgehead atoms. The van der Waals surface area contributed by atoms with Gasteiger partial charge in [-0.25, -0.2) is 0 Å². The number of amides is 1. The highest BCUT2D eigenvalue weighted by Crippen LogP contribution is 2.13. The van der Waals surface area contributed by atoms with Gasteiger partial charge in [0.15, 0.2) is 5.96 Å². The number of methoxy groups -OCH3 is 1. The maximum atomic E-state index is 12.0. The highest BCUT2D eigenvalue weighted by molar-refractivity contribution is 5.86. The maximum Gasteiger partial charge on any atom is 0.239 e. The zero-order chi connectivity index (χ0) is 19.5. The second-order valence-electron chi connectivity index (χ2n) is 6.24. The van der Waals surface area contributed by atoms with E-state index in [-0.39, 0.29) is 12.5 Å². The minimum atomic E-state index is -0.0927. The van der Waals surface area contributed by atoms with Gasteiger partial charge in [-0.15, -0.1) is 0 Å². The summed E-state index contributed by atoms with van der Waals surface area (Å²) in [6, 6.07) is 17.9. The van der Waals surface area contributed by atoms with Gasteiger partial charge in [0, 0.05) is 20.1 Å². The van der Waals surface area contributed by atoms with Crippen molar-refractivity contribution >= 4 is 11.9 Å². The van der Waals surface area contributed by atoms with Crippen LogP contribution in [0.3, 0.4) is 0 Å². The number of hydrogen-bond donors (Lipinski definition) is 3. The Morgan fingerprint density at radius 1 is 1.04 bits per heavy atom. The number of benzene rings is 2. The molecular formula is C21H28N4O2. The van der Waals surface area contributed by atoms with Crippen molar-refractivity contribution < 1.29 is 9.53 Å². The zero-order valence-electron chi connectivity index (χ0n) is 16.2. The molecule has 3 N–H and O–H groups in total. The molecular weight excluding hydrogens is 340 g/mol. The van der Waals surface area contributed by atoms with E-state index < -0.39 is 0 Å². The molecule has 2 aromatic carbocycles. The molecule has 0 aliphatic rings. The number of carbonyl (C=O) groups excluding carboxylic acids is 1. The molecule has 0 aliphatic heterocycles. The van der Waals surface area contributed by atoms with Gasteiger partial charge in [-0.3, -0.25) is 9.79 Å². The van der Waals surface area contributed by atoms with Crippen LogP contribution in [0.2, 0.25) is 0 Å². The Labute approximate surface area is 161 Å². The molecule has 0 spiro atoms. The topological polar surface area (TPSA) is 74.8 Å². The molecule has 144 valence electrons. The lowest BCUT2D eigenvalue weighted by Gasteiger charge is -2.16. The summed E-state index contributed by atoms with van der Waals surface area (Å²) in [5.41, 5.74) is 2.28. The van der Waals surface area contributed by atoms with Crippen molar-refractivity contribution in [2.75, 3.05) is 27.2 Å². The largest absolute Gasteiger partial charge is 0.497 e. The van der Waals surface area contributed by atoms with E-state index in [9.17, 15) is 4.79 Å². The minimum absolute atomic E-state index is 0.0927. The average molecular weight is 368 g/mol. The van der Waals surface area contributed by atoms with Crippen LogP contribution in [-0.4, -0.2) is 39.1 Å². The van der Waals surface area contributed by atoms with Gasteiger partial charge in [0.2, 0.25) is 5.91 Å². The first-order chi connectivity index (χ1) is 13.1. The Kier molecular flexibility index (Phi) is 8.16. The molecule has 2 rings (SSSR count). The molecule has 6 nitrogen and oxygen atoms in total. The van der Waals surface area contributed by atoms with Crippen molar-refractivity contribution in [1.82, 2.24) is 16.0 Å². The first-order valence-electron chi connectivity index (χ1n) is 9.01. The summed E-state index contributed by atoms with van der Waals surface area (Å²) < 4.78 is 5.12. The van der Waals surface area contributed by atoms with Crippen molar-refractivity contribution in [3.05, 3.63) is 65.7 Å². The molecule has 0 saturated carbocycles. The van der Waals surface area contributed by atoms with E-state index >= 15 is 0 Å². The predicted octanol–water partition coefficient (Wildman–Crippen LogP) is 2.28. The number of carbonyl (C=O) groups is 1. The van der Waals surface area contributed by atoms with Crippen molar-refractivity contribution in [2.45, 2.75) is 19.4 Å². The average Bonchev–Trinajstić information content (AvgIpc) is 2.73. The fourth-order valence-electron chi connectivity index (χ4n) is 2.54. The van der Waals surface area contributed by atoms with Gasteiger partial charge in [-0.05, 0) is 29.2 Å². The molecule has 0 heterocycles. The lowest BCUT2D eigenvalue weighted by atomic mass is 10.0. The fraction of sp³-hybridized carbons (Fsp3) is 0.333. The van der Waals surface area contributed by atoms with Crippen LogP contribution < -0.4 is 20.7 Å². The maximum absolute atomic E-state index is 12.0. The lowest BCUT2D eigenvalue weighted by Crippen LogP contribution is -2.43. The monoisotopic (exact) mass is 368 g/mol. The summed E-state index contributed by atoms with van der Waals surface area (Å²) in [5, 5.41) is 9.17.